The Morgan fingerprint density at radius 1 is 1.30 bits per heavy atom. The summed E-state index contributed by atoms with van der Waals surface area (Å²) in [6.07, 6.45) is 7.43. The number of methoxy groups -OCH3 is 1. The molecule has 33 heavy (non-hydrogen) atoms. The second-order valence-electron chi connectivity index (χ2n) is 12.4. The lowest BCUT2D eigenvalue weighted by molar-refractivity contribution is -0.300. The van der Waals surface area contributed by atoms with Crippen molar-refractivity contribution in [2.75, 3.05) is 20.2 Å². The summed E-state index contributed by atoms with van der Waals surface area (Å²) in [6.45, 7) is 6.13. The molecule has 0 radical (unpaired) electrons. The molecule has 5 aliphatic carbocycles. The standard InChI is InChI=1S/C27H36N2O4/c1-24(2,31)18-13-25-8-9-27(18,32-3)23-26(25)10-11-29(14-15-4-5-15)19(25)12-16-6-7-17(22(28)30)21(33-23)20(16)26/h6-7,15,18-19,23,31H,4-5,8-14H2,1-3H3,(H2,28,30)/t18-,19-,23?,25-,26+,27+/m1/s1. The Morgan fingerprint density at radius 2 is 2.09 bits per heavy atom. The van der Waals surface area contributed by atoms with Gasteiger partial charge in [0, 0.05) is 42.0 Å². The van der Waals surface area contributed by atoms with E-state index in [4.69, 9.17) is 15.2 Å². The molecule has 1 aromatic rings. The second kappa shape index (κ2) is 6.13. The number of likely N-dealkylation sites (tertiary alicyclic amines) is 1. The molecule has 2 heterocycles. The molecule has 5 fully saturated rings. The number of amides is 1. The van der Waals surface area contributed by atoms with Gasteiger partial charge in [0.2, 0.25) is 0 Å². The minimum absolute atomic E-state index is 0.0181. The Balaban J connectivity index is 1.50. The summed E-state index contributed by atoms with van der Waals surface area (Å²) < 4.78 is 13.3. The first-order chi connectivity index (χ1) is 15.7. The Morgan fingerprint density at radius 3 is 2.76 bits per heavy atom. The Kier molecular flexibility index (Phi) is 3.85. The van der Waals surface area contributed by atoms with Crippen LogP contribution in [-0.4, -0.2) is 59.5 Å². The summed E-state index contributed by atoms with van der Waals surface area (Å²) in [5.74, 6) is 1.10. The van der Waals surface area contributed by atoms with Crippen molar-refractivity contribution in [2.45, 2.75) is 87.6 Å². The van der Waals surface area contributed by atoms with Gasteiger partial charge in [0.25, 0.3) is 5.91 Å². The molecule has 178 valence electrons. The van der Waals surface area contributed by atoms with E-state index in [2.05, 4.69) is 11.0 Å². The number of hydrogen-bond acceptors (Lipinski definition) is 5. The van der Waals surface area contributed by atoms with E-state index < -0.39 is 17.1 Å². The van der Waals surface area contributed by atoms with Gasteiger partial charge in [-0.25, -0.2) is 0 Å². The smallest absolute Gasteiger partial charge is 0.252 e. The zero-order chi connectivity index (χ0) is 23.0. The van der Waals surface area contributed by atoms with E-state index >= 15 is 0 Å². The van der Waals surface area contributed by atoms with E-state index in [0.29, 0.717) is 17.4 Å². The number of carbonyl (C=O) groups excluding carboxylic acids is 1. The quantitative estimate of drug-likeness (QED) is 0.718. The second-order valence-corrected chi connectivity index (χ2v) is 12.4. The van der Waals surface area contributed by atoms with Gasteiger partial charge in [0.15, 0.2) is 0 Å². The van der Waals surface area contributed by atoms with Gasteiger partial charge in [-0.3, -0.25) is 9.69 Å². The summed E-state index contributed by atoms with van der Waals surface area (Å²) in [5, 5.41) is 11.4. The predicted molar refractivity (Wildman–Crippen MR) is 123 cm³/mol. The van der Waals surface area contributed by atoms with E-state index in [9.17, 15) is 9.90 Å². The number of nitrogens with zero attached hydrogens (tertiary/aromatic N) is 1. The van der Waals surface area contributed by atoms with Crippen molar-refractivity contribution >= 4 is 5.91 Å². The SMILES string of the molecule is CO[C@@]12CC[C@@]3(C[C@@H]1C(C)(C)O)[C@H]1Cc4ccc(C(N)=O)c5c4[C@@]3(CCN1CC1CC1)C2O5. The van der Waals surface area contributed by atoms with Crippen LogP contribution in [0.3, 0.4) is 0 Å². The van der Waals surface area contributed by atoms with Gasteiger partial charge in [0.05, 0.1) is 11.2 Å². The van der Waals surface area contributed by atoms with Gasteiger partial charge in [-0.1, -0.05) is 6.07 Å². The van der Waals surface area contributed by atoms with E-state index in [1.807, 2.05) is 19.9 Å². The average molecular weight is 453 g/mol. The van der Waals surface area contributed by atoms with Crippen molar-refractivity contribution in [1.82, 2.24) is 4.90 Å². The number of ether oxygens (including phenoxy) is 2. The lowest BCUT2D eigenvalue weighted by Crippen LogP contribution is -2.82. The van der Waals surface area contributed by atoms with Crippen molar-refractivity contribution in [3.05, 3.63) is 28.8 Å². The van der Waals surface area contributed by atoms with Crippen LogP contribution in [0.25, 0.3) is 0 Å². The molecule has 1 amide bonds. The van der Waals surface area contributed by atoms with E-state index in [1.54, 1.807) is 7.11 Å². The number of fused-ring (bicyclic) bond motifs is 2. The molecule has 6 atom stereocenters. The number of aliphatic hydroxyl groups is 1. The lowest BCUT2D eigenvalue weighted by atomic mass is 9.34. The molecule has 0 aromatic heterocycles. The Bertz CT molecular complexity index is 1060. The zero-order valence-corrected chi connectivity index (χ0v) is 20.0. The van der Waals surface area contributed by atoms with Crippen LogP contribution in [0.15, 0.2) is 12.1 Å². The molecule has 8 rings (SSSR count). The summed E-state index contributed by atoms with van der Waals surface area (Å²) in [4.78, 5) is 15.2. The summed E-state index contributed by atoms with van der Waals surface area (Å²) in [6, 6.07) is 4.45. The number of nitrogens with two attached hydrogens (primary N) is 1. The van der Waals surface area contributed by atoms with Crippen molar-refractivity contribution in [3.63, 3.8) is 0 Å². The number of rotatable bonds is 5. The van der Waals surface area contributed by atoms with Crippen LogP contribution in [-0.2, 0) is 16.6 Å². The molecule has 2 spiro atoms. The average Bonchev–Trinajstić information content (AvgIpc) is 3.51. The van der Waals surface area contributed by atoms with Crippen molar-refractivity contribution in [1.29, 1.82) is 0 Å². The van der Waals surface area contributed by atoms with Gasteiger partial charge in [0.1, 0.15) is 17.5 Å². The summed E-state index contributed by atoms with van der Waals surface area (Å²) in [5.41, 5.74) is 7.29. The fourth-order valence-corrected chi connectivity index (χ4v) is 9.44. The zero-order valence-electron chi connectivity index (χ0n) is 20.0. The molecule has 7 aliphatic rings. The van der Waals surface area contributed by atoms with Crippen LogP contribution in [0.5, 0.6) is 5.75 Å². The van der Waals surface area contributed by atoms with E-state index in [0.717, 1.165) is 44.6 Å². The maximum absolute atomic E-state index is 12.4. The fraction of sp³-hybridized carbons (Fsp3) is 0.741. The third-order valence-electron chi connectivity index (χ3n) is 10.8. The monoisotopic (exact) mass is 452 g/mol. The minimum atomic E-state index is -0.883. The van der Waals surface area contributed by atoms with Gasteiger partial charge >= 0.3 is 0 Å². The van der Waals surface area contributed by atoms with E-state index in [1.165, 1.54) is 30.5 Å². The topological polar surface area (TPSA) is 85.0 Å². The first-order valence-electron chi connectivity index (χ1n) is 12.8. The highest BCUT2D eigenvalue weighted by Gasteiger charge is 2.81. The number of hydrogen-bond donors (Lipinski definition) is 2. The van der Waals surface area contributed by atoms with Gasteiger partial charge in [-0.2, -0.15) is 0 Å². The third kappa shape index (κ3) is 2.24. The van der Waals surface area contributed by atoms with E-state index in [-0.39, 0.29) is 22.9 Å². The summed E-state index contributed by atoms with van der Waals surface area (Å²) in [7, 11) is 1.79. The first kappa shape index (κ1) is 20.7. The Labute approximate surface area is 195 Å². The maximum Gasteiger partial charge on any atom is 0.252 e. The number of benzene rings is 1. The molecule has 3 N–H and O–H groups in total. The van der Waals surface area contributed by atoms with Gasteiger partial charge < -0.3 is 20.3 Å². The summed E-state index contributed by atoms with van der Waals surface area (Å²) >= 11 is 0. The normalized spacial score (nSPS) is 42.7. The predicted octanol–water partition coefficient (Wildman–Crippen LogP) is 2.78. The van der Waals surface area contributed by atoms with Crippen LogP contribution in [0.4, 0.5) is 0 Å². The fourth-order valence-electron chi connectivity index (χ4n) is 9.44. The number of piperidine rings is 1. The third-order valence-corrected chi connectivity index (χ3v) is 10.8. The highest BCUT2D eigenvalue weighted by atomic mass is 16.6. The van der Waals surface area contributed by atoms with Crippen molar-refractivity contribution in [3.8, 4) is 5.75 Å². The molecule has 6 nitrogen and oxygen atoms in total. The number of primary amides is 1. The van der Waals surface area contributed by atoms with Crippen LogP contribution in [0, 0.1) is 17.3 Å². The largest absolute Gasteiger partial charge is 0.485 e. The molecule has 4 bridgehead atoms. The van der Waals surface area contributed by atoms with Gasteiger partial charge in [-0.05, 0) is 82.9 Å². The molecule has 1 unspecified atom stereocenters. The van der Waals surface area contributed by atoms with Crippen LogP contribution < -0.4 is 10.5 Å². The van der Waals surface area contributed by atoms with Crippen LogP contribution in [0.2, 0.25) is 0 Å². The van der Waals surface area contributed by atoms with Crippen molar-refractivity contribution in [2.24, 2.45) is 23.0 Å². The highest BCUT2D eigenvalue weighted by molar-refractivity contribution is 5.97. The van der Waals surface area contributed by atoms with Crippen molar-refractivity contribution < 1.29 is 19.4 Å². The molecule has 4 saturated carbocycles. The number of carbonyl (C=O) groups is 1. The Hall–Kier alpha value is -1.63. The highest BCUT2D eigenvalue weighted by Crippen LogP contribution is 2.77. The molecular weight excluding hydrogens is 416 g/mol. The molecule has 2 aliphatic heterocycles. The first-order valence-corrected chi connectivity index (χ1v) is 12.8. The molecular formula is C27H36N2O4. The minimum Gasteiger partial charge on any atom is -0.485 e. The van der Waals surface area contributed by atoms with Crippen LogP contribution in [0.1, 0.15) is 73.9 Å². The molecule has 1 saturated heterocycles. The molecule has 1 aromatic carbocycles. The lowest BCUT2D eigenvalue weighted by Gasteiger charge is -2.75. The van der Waals surface area contributed by atoms with Gasteiger partial charge in [-0.15, -0.1) is 0 Å². The molecule has 6 heteroatoms. The maximum atomic E-state index is 12.4. The van der Waals surface area contributed by atoms with Crippen LogP contribution >= 0.6 is 0 Å².